The normalized spacial score (nSPS) is 11.0. The van der Waals surface area contributed by atoms with Crippen molar-refractivity contribution >= 4 is 29.9 Å². The van der Waals surface area contributed by atoms with E-state index in [0.717, 1.165) is 24.2 Å². The molecule has 0 aliphatic rings. The maximum atomic E-state index is 12.5. The van der Waals surface area contributed by atoms with Gasteiger partial charge in [0.05, 0.1) is 7.11 Å². The van der Waals surface area contributed by atoms with Crippen LogP contribution in [0.15, 0.2) is 47.6 Å². The van der Waals surface area contributed by atoms with Crippen LogP contribution < -0.4 is 20.1 Å². The lowest BCUT2D eigenvalue weighted by Gasteiger charge is -2.13. The summed E-state index contributed by atoms with van der Waals surface area (Å²) in [5.74, 6) is 1.02. The molecule has 2 N–H and O–H groups in total. The molecule has 2 rings (SSSR count). The molecule has 0 bridgehead atoms. The first kappa shape index (κ1) is 24.9. The molecule has 6 nitrogen and oxygen atoms in total. The Balaban J connectivity index is 0.00000420. The smallest absolute Gasteiger partial charge is 0.387 e. The van der Waals surface area contributed by atoms with E-state index in [1.165, 1.54) is 7.11 Å². The van der Waals surface area contributed by atoms with Crippen molar-refractivity contribution in [3.05, 3.63) is 53.9 Å². The second-order valence-electron chi connectivity index (χ2n) is 5.87. The lowest BCUT2D eigenvalue weighted by atomic mass is 10.1. The number of nitrogens with one attached hydrogen (secondary N) is 2. The van der Waals surface area contributed by atoms with Crippen LogP contribution in [-0.4, -0.2) is 44.3 Å². The maximum Gasteiger partial charge on any atom is 0.387 e. The predicted molar refractivity (Wildman–Crippen MR) is 121 cm³/mol. The highest BCUT2D eigenvalue weighted by molar-refractivity contribution is 14.0. The van der Waals surface area contributed by atoms with Gasteiger partial charge in [-0.3, -0.25) is 9.98 Å². The van der Waals surface area contributed by atoms with Crippen molar-refractivity contribution in [2.24, 2.45) is 4.99 Å². The van der Waals surface area contributed by atoms with Crippen molar-refractivity contribution in [3.63, 3.8) is 0 Å². The number of alkyl halides is 2. The van der Waals surface area contributed by atoms with Gasteiger partial charge in [-0.1, -0.05) is 12.1 Å². The minimum atomic E-state index is -2.89. The standard InChI is InChI=1S/C20H26F2N4O2.HI/c1-3-23-20(26-13-10-16-6-4-5-11-24-16)25-12-9-15-7-8-17(27-2)18(14-15)28-19(21)22;/h4-8,11,14,19H,3,9-10,12-13H2,1-2H3,(H2,23,25,26);1H. The maximum absolute atomic E-state index is 12.5. The molecule has 1 aromatic heterocycles. The predicted octanol–water partition coefficient (Wildman–Crippen LogP) is 3.65. The van der Waals surface area contributed by atoms with Gasteiger partial charge < -0.3 is 20.1 Å². The van der Waals surface area contributed by atoms with Crippen LogP contribution in [0, 0.1) is 0 Å². The van der Waals surface area contributed by atoms with Gasteiger partial charge in [-0.05, 0) is 43.2 Å². The largest absolute Gasteiger partial charge is 0.493 e. The minimum absolute atomic E-state index is 0. The van der Waals surface area contributed by atoms with Crippen molar-refractivity contribution < 1.29 is 18.3 Å². The number of pyridine rings is 1. The number of benzene rings is 1. The summed E-state index contributed by atoms with van der Waals surface area (Å²) in [6, 6.07) is 10.8. The molecule has 0 saturated carbocycles. The third kappa shape index (κ3) is 9.25. The Labute approximate surface area is 187 Å². The van der Waals surface area contributed by atoms with Crippen LogP contribution in [0.5, 0.6) is 11.5 Å². The SMILES string of the molecule is CCNC(=NCCc1ccccn1)NCCc1ccc(OC)c(OC(F)F)c1.I. The molecule has 0 fully saturated rings. The second-order valence-corrected chi connectivity index (χ2v) is 5.87. The molecule has 1 heterocycles. The molecule has 1 aromatic carbocycles. The highest BCUT2D eigenvalue weighted by Crippen LogP contribution is 2.29. The Morgan fingerprint density at radius 3 is 2.62 bits per heavy atom. The Kier molecular flexibility index (Phi) is 11.9. The first-order valence-corrected chi connectivity index (χ1v) is 9.16. The van der Waals surface area contributed by atoms with E-state index in [0.29, 0.717) is 25.5 Å². The molecular formula is C20H27F2IN4O2. The van der Waals surface area contributed by atoms with Crippen molar-refractivity contribution in [3.8, 4) is 11.5 Å². The van der Waals surface area contributed by atoms with E-state index in [9.17, 15) is 8.78 Å². The van der Waals surface area contributed by atoms with E-state index >= 15 is 0 Å². The van der Waals surface area contributed by atoms with Crippen molar-refractivity contribution in [2.45, 2.75) is 26.4 Å². The monoisotopic (exact) mass is 520 g/mol. The van der Waals surface area contributed by atoms with E-state index in [4.69, 9.17) is 4.74 Å². The summed E-state index contributed by atoms with van der Waals surface area (Å²) in [7, 11) is 1.42. The van der Waals surface area contributed by atoms with Crippen LogP contribution in [0.4, 0.5) is 8.78 Å². The zero-order valence-electron chi connectivity index (χ0n) is 16.5. The number of nitrogens with zero attached hydrogens (tertiary/aromatic N) is 2. The van der Waals surface area contributed by atoms with Crippen LogP contribution in [0.2, 0.25) is 0 Å². The van der Waals surface area contributed by atoms with E-state index < -0.39 is 6.61 Å². The summed E-state index contributed by atoms with van der Waals surface area (Å²) in [6.07, 6.45) is 3.14. The molecule has 0 saturated heterocycles. The molecule has 0 spiro atoms. The number of guanidine groups is 1. The third-order valence-corrected chi connectivity index (χ3v) is 3.86. The Bertz CT molecular complexity index is 749. The molecule has 160 valence electrons. The summed E-state index contributed by atoms with van der Waals surface area (Å²) in [5, 5.41) is 6.43. The van der Waals surface area contributed by atoms with E-state index in [1.807, 2.05) is 31.2 Å². The van der Waals surface area contributed by atoms with Gasteiger partial charge in [-0.25, -0.2) is 0 Å². The van der Waals surface area contributed by atoms with Gasteiger partial charge in [0.15, 0.2) is 17.5 Å². The molecule has 0 amide bonds. The first-order chi connectivity index (χ1) is 13.6. The van der Waals surface area contributed by atoms with Crippen LogP contribution in [0.3, 0.4) is 0 Å². The molecule has 0 unspecified atom stereocenters. The number of methoxy groups -OCH3 is 1. The summed E-state index contributed by atoms with van der Waals surface area (Å²) < 4.78 is 34.6. The fourth-order valence-electron chi connectivity index (χ4n) is 2.56. The quantitative estimate of drug-likeness (QED) is 0.285. The molecular weight excluding hydrogens is 493 g/mol. The molecule has 0 radical (unpaired) electrons. The number of ether oxygens (including phenoxy) is 2. The summed E-state index contributed by atoms with van der Waals surface area (Å²) in [6.45, 7) is 1.04. The van der Waals surface area contributed by atoms with Crippen LogP contribution >= 0.6 is 24.0 Å². The molecule has 0 atom stereocenters. The van der Waals surface area contributed by atoms with Crippen molar-refractivity contribution in [1.82, 2.24) is 15.6 Å². The Morgan fingerprint density at radius 2 is 1.97 bits per heavy atom. The molecule has 0 aliphatic carbocycles. The van der Waals surface area contributed by atoms with Crippen LogP contribution in [0.1, 0.15) is 18.2 Å². The average molecular weight is 520 g/mol. The van der Waals surface area contributed by atoms with E-state index in [1.54, 1.807) is 18.3 Å². The third-order valence-electron chi connectivity index (χ3n) is 3.86. The van der Waals surface area contributed by atoms with E-state index in [-0.39, 0.29) is 35.5 Å². The van der Waals surface area contributed by atoms with Gasteiger partial charge in [0, 0.05) is 37.9 Å². The Morgan fingerprint density at radius 1 is 1.14 bits per heavy atom. The molecule has 2 aromatic rings. The molecule has 9 heteroatoms. The van der Waals surface area contributed by atoms with Crippen LogP contribution in [0.25, 0.3) is 0 Å². The first-order valence-electron chi connectivity index (χ1n) is 9.16. The van der Waals surface area contributed by atoms with Crippen molar-refractivity contribution in [2.75, 3.05) is 26.7 Å². The van der Waals surface area contributed by atoms with Gasteiger partial charge in [-0.15, -0.1) is 24.0 Å². The fraction of sp³-hybridized carbons (Fsp3) is 0.400. The zero-order valence-corrected chi connectivity index (χ0v) is 18.9. The number of hydrogen-bond acceptors (Lipinski definition) is 4. The van der Waals surface area contributed by atoms with Crippen LogP contribution in [-0.2, 0) is 12.8 Å². The zero-order chi connectivity index (χ0) is 20.2. The lowest BCUT2D eigenvalue weighted by molar-refractivity contribution is -0.0512. The number of aromatic nitrogens is 1. The summed E-state index contributed by atoms with van der Waals surface area (Å²) in [5.41, 5.74) is 1.85. The average Bonchev–Trinajstić information content (AvgIpc) is 2.68. The number of halogens is 3. The van der Waals surface area contributed by atoms with Gasteiger partial charge in [0.2, 0.25) is 0 Å². The van der Waals surface area contributed by atoms with Crippen molar-refractivity contribution in [1.29, 1.82) is 0 Å². The summed E-state index contributed by atoms with van der Waals surface area (Å²) >= 11 is 0. The van der Waals surface area contributed by atoms with Gasteiger partial charge >= 0.3 is 6.61 Å². The Hall–Kier alpha value is -2.17. The van der Waals surface area contributed by atoms with Gasteiger partial charge in [-0.2, -0.15) is 8.78 Å². The number of aliphatic imine (C=N–C) groups is 1. The fourth-order valence-corrected chi connectivity index (χ4v) is 2.56. The van der Waals surface area contributed by atoms with Gasteiger partial charge in [0.1, 0.15) is 0 Å². The molecule has 0 aliphatic heterocycles. The molecule has 29 heavy (non-hydrogen) atoms. The van der Waals surface area contributed by atoms with E-state index in [2.05, 4.69) is 25.3 Å². The highest BCUT2D eigenvalue weighted by atomic mass is 127. The number of hydrogen-bond donors (Lipinski definition) is 2. The van der Waals surface area contributed by atoms with Gasteiger partial charge in [0.25, 0.3) is 0 Å². The summed E-state index contributed by atoms with van der Waals surface area (Å²) in [4.78, 5) is 8.82. The topological polar surface area (TPSA) is 67.8 Å². The second kappa shape index (κ2) is 13.9. The number of rotatable bonds is 10. The highest BCUT2D eigenvalue weighted by Gasteiger charge is 2.11. The minimum Gasteiger partial charge on any atom is -0.493 e. The lowest BCUT2D eigenvalue weighted by Crippen LogP contribution is -2.38.